The SMILES string of the molecule is Cc1ccc(C(O)=C2C(=O)C(=O)N(CC[NH+](C)C)[C@@H]2c2ccc(C)o2)cc1. The minimum atomic E-state index is -0.723. The summed E-state index contributed by atoms with van der Waals surface area (Å²) in [4.78, 5) is 28.1. The van der Waals surface area contributed by atoms with E-state index >= 15 is 0 Å². The van der Waals surface area contributed by atoms with Crippen LogP contribution in [-0.4, -0.2) is 48.9 Å². The van der Waals surface area contributed by atoms with Crippen molar-refractivity contribution in [2.45, 2.75) is 19.9 Å². The van der Waals surface area contributed by atoms with Gasteiger partial charge in [0, 0.05) is 5.56 Å². The molecule has 2 heterocycles. The van der Waals surface area contributed by atoms with Gasteiger partial charge in [-0.1, -0.05) is 29.8 Å². The van der Waals surface area contributed by atoms with E-state index in [1.54, 1.807) is 31.2 Å². The third kappa shape index (κ3) is 3.66. The monoisotopic (exact) mass is 369 g/mol. The van der Waals surface area contributed by atoms with Gasteiger partial charge in [-0.05, 0) is 26.0 Å². The van der Waals surface area contributed by atoms with Crippen LogP contribution in [0.3, 0.4) is 0 Å². The Morgan fingerprint density at radius 3 is 2.33 bits per heavy atom. The summed E-state index contributed by atoms with van der Waals surface area (Å²) in [5.74, 6) is -0.296. The van der Waals surface area contributed by atoms with Gasteiger partial charge in [0.25, 0.3) is 11.7 Å². The number of benzene rings is 1. The molecule has 0 aliphatic carbocycles. The highest BCUT2D eigenvalue weighted by atomic mass is 16.3. The lowest BCUT2D eigenvalue weighted by molar-refractivity contribution is -0.857. The highest BCUT2D eigenvalue weighted by Gasteiger charge is 2.47. The van der Waals surface area contributed by atoms with E-state index in [4.69, 9.17) is 4.42 Å². The second-order valence-corrected chi connectivity index (χ2v) is 7.26. The molecular formula is C21H25N2O4+. The number of Topliss-reactive ketones (excluding diaryl/α,β-unsaturated/α-hetero) is 1. The first-order chi connectivity index (χ1) is 12.8. The van der Waals surface area contributed by atoms with Gasteiger partial charge in [0.15, 0.2) is 0 Å². The minimum absolute atomic E-state index is 0.0759. The van der Waals surface area contributed by atoms with Crippen molar-refractivity contribution in [1.82, 2.24) is 4.90 Å². The van der Waals surface area contributed by atoms with Crippen LogP contribution in [-0.2, 0) is 9.59 Å². The van der Waals surface area contributed by atoms with Crippen molar-refractivity contribution < 1.29 is 24.0 Å². The number of quaternary nitrogens is 1. The lowest BCUT2D eigenvalue weighted by Gasteiger charge is -2.23. The highest BCUT2D eigenvalue weighted by Crippen LogP contribution is 2.39. The Morgan fingerprint density at radius 1 is 1.11 bits per heavy atom. The number of aliphatic hydroxyl groups excluding tert-OH is 1. The van der Waals surface area contributed by atoms with Gasteiger partial charge in [0.05, 0.1) is 32.8 Å². The summed E-state index contributed by atoms with van der Waals surface area (Å²) in [5, 5.41) is 10.9. The molecule has 0 saturated carbocycles. The number of likely N-dealkylation sites (N-methyl/N-ethyl adjacent to an activating group) is 1. The van der Waals surface area contributed by atoms with Crippen LogP contribution >= 0.6 is 0 Å². The molecule has 142 valence electrons. The van der Waals surface area contributed by atoms with Gasteiger partial charge in [0.1, 0.15) is 23.3 Å². The number of aryl methyl sites for hydroxylation is 2. The molecule has 2 N–H and O–H groups in total. The Hall–Kier alpha value is -2.86. The van der Waals surface area contributed by atoms with E-state index in [9.17, 15) is 14.7 Å². The van der Waals surface area contributed by atoms with Crippen molar-refractivity contribution in [3.8, 4) is 0 Å². The first kappa shape index (κ1) is 18.9. The van der Waals surface area contributed by atoms with Gasteiger partial charge in [-0.2, -0.15) is 0 Å². The maximum atomic E-state index is 12.8. The third-order valence-electron chi connectivity index (χ3n) is 4.75. The molecule has 1 aromatic carbocycles. The van der Waals surface area contributed by atoms with Crippen LogP contribution < -0.4 is 4.90 Å². The summed E-state index contributed by atoms with van der Waals surface area (Å²) in [6.07, 6.45) is 0. The highest BCUT2D eigenvalue weighted by molar-refractivity contribution is 6.46. The van der Waals surface area contributed by atoms with E-state index in [0.29, 0.717) is 30.2 Å². The number of hydrogen-bond donors (Lipinski definition) is 2. The Kier molecular flexibility index (Phi) is 5.19. The predicted octanol–water partition coefficient (Wildman–Crippen LogP) is 1.46. The Balaban J connectivity index is 2.11. The summed E-state index contributed by atoms with van der Waals surface area (Å²) in [5.41, 5.74) is 1.62. The Bertz CT molecular complexity index is 893. The largest absolute Gasteiger partial charge is 0.507 e. The molecule has 6 heteroatoms. The first-order valence-corrected chi connectivity index (χ1v) is 9.00. The summed E-state index contributed by atoms with van der Waals surface area (Å²) < 4.78 is 5.74. The van der Waals surface area contributed by atoms with Crippen molar-refractivity contribution in [1.29, 1.82) is 0 Å². The van der Waals surface area contributed by atoms with Crippen molar-refractivity contribution in [2.75, 3.05) is 27.2 Å². The number of likely N-dealkylation sites (tertiary alicyclic amines) is 1. The van der Waals surface area contributed by atoms with Crippen LogP contribution in [0, 0.1) is 13.8 Å². The molecule has 1 atom stereocenters. The Morgan fingerprint density at radius 2 is 1.78 bits per heavy atom. The summed E-state index contributed by atoms with van der Waals surface area (Å²) in [7, 11) is 3.96. The average Bonchev–Trinajstić information content (AvgIpc) is 3.15. The van der Waals surface area contributed by atoms with Gasteiger partial charge in [-0.25, -0.2) is 0 Å². The molecular weight excluding hydrogens is 344 g/mol. The number of carbonyl (C=O) groups excluding carboxylic acids is 2. The molecule has 1 fully saturated rings. The summed E-state index contributed by atoms with van der Waals surface area (Å²) >= 11 is 0. The topological polar surface area (TPSA) is 75.2 Å². The predicted molar refractivity (Wildman–Crippen MR) is 101 cm³/mol. The van der Waals surface area contributed by atoms with Crippen LogP contribution in [0.2, 0.25) is 0 Å². The molecule has 1 saturated heterocycles. The van der Waals surface area contributed by atoms with Gasteiger partial charge in [-0.3, -0.25) is 9.59 Å². The van der Waals surface area contributed by atoms with Crippen LogP contribution in [0.25, 0.3) is 5.76 Å². The zero-order valence-corrected chi connectivity index (χ0v) is 16.1. The molecule has 1 aliphatic heterocycles. The van der Waals surface area contributed by atoms with Crippen molar-refractivity contribution in [3.05, 3.63) is 64.6 Å². The fraction of sp³-hybridized carbons (Fsp3) is 0.333. The lowest BCUT2D eigenvalue weighted by Crippen LogP contribution is -3.06. The molecule has 0 spiro atoms. The molecule has 27 heavy (non-hydrogen) atoms. The van der Waals surface area contributed by atoms with Crippen LogP contribution in [0.15, 0.2) is 46.4 Å². The average molecular weight is 369 g/mol. The molecule has 2 aromatic rings. The second kappa shape index (κ2) is 7.40. The fourth-order valence-corrected chi connectivity index (χ4v) is 3.22. The summed E-state index contributed by atoms with van der Waals surface area (Å²) in [6, 6.07) is 10.0. The molecule has 6 nitrogen and oxygen atoms in total. The van der Waals surface area contributed by atoms with E-state index in [2.05, 4.69) is 0 Å². The summed E-state index contributed by atoms with van der Waals surface area (Å²) in [6.45, 7) is 4.81. The smallest absolute Gasteiger partial charge is 0.295 e. The van der Waals surface area contributed by atoms with E-state index in [0.717, 1.165) is 10.5 Å². The van der Waals surface area contributed by atoms with Gasteiger partial charge in [-0.15, -0.1) is 0 Å². The van der Waals surface area contributed by atoms with E-state index < -0.39 is 17.7 Å². The molecule has 0 radical (unpaired) electrons. The van der Waals surface area contributed by atoms with E-state index in [1.165, 1.54) is 4.90 Å². The maximum absolute atomic E-state index is 12.8. The Labute approximate surface area is 158 Å². The molecule has 1 aromatic heterocycles. The molecule has 0 unspecified atom stereocenters. The molecule has 1 aliphatic rings. The standard InChI is InChI=1S/C21H24N2O4/c1-13-5-8-15(9-6-13)19(24)17-18(16-10-7-14(2)27-16)23(12-11-22(3)4)21(26)20(17)25/h5-10,18,24H,11-12H2,1-4H3/p+1/t18-/m1/s1. The lowest BCUT2D eigenvalue weighted by atomic mass is 9.99. The van der Waals surface area contributed by atoms with Crippen LogP contribution in [0.5, 0.6) is 0 Å². The first-order valence-electron chi connectivity index (χ1n) is 9.00. The van der Waals surface area contributed by atoms with Gasteiger partial charge < -0.3 is 19.3 Å². The number of furan rings is 1. The van der Waals surface area contributed by atoms with Gasteiger partial charge in [0.2, 0.25) is 0 Å². The van der Waals surface area contributed by atoms with Crippen molar-refractivity contribution >= 4 is 17.4 Å². The normalized spacial score (nSPS) is 19.3. The number of ketones is 1. The fourth-order valence-electron chi connectivity index (χ4n) is 3.22. The van der Waals surface area contributed by atoms with Gasteiger partial charge >= 0.3 is 0 Å². The number of nitrogens with zero attached hydrogens (tertiary/aromatic N) is 1. The quantitative estimate of drug-likeness (QED) is 0.475. The number of rotatable bonds is 5. The second-order valence-electron chi connectivity index (χ2n) is 7.26. The van der Waals surface area contributed by atoms with E-state index in [1.807, 2.05) is 33.2 Å². The number of aliphatic hydroxyl groups is 1. The third-order valence-corrected chi connectivity index (χ3v) is 4.75. The number of hydrogen-bond acceptors (Lipinski definition) is 4. The van der Waals surface area contributed by atoms with Crippen molar-refractivity contribution in [2.24, 2.45) is 0 Å². The molecule has 3 rings (SSSR count). The number of amides is 1. The van der Waals surface area contributed by atoms with E-state index in [-0.39, 0.29) is 11.3 Å². The molecule has 0 bridgehead atoms. The van der Waals surface area contributed by atoms with Crippen LogP contribution in [0.4, 0.5) is 0 Å². The maximum Gasteiger partial charge on any atom is 0.295 e. The molecule has 1 amide bonds. The number of nitrogens with one attached hydrogen (secondary N) is 1. The zero-order valence-electron chi connectivity index (χ0n) is 16.1. The van der Waals surface area contributed by atoms with Crippen molar-refractivity contribution in [3.63, 3.8) is 0 Å². The zero-order chi connectivity index (χ0) is 19.7. The van der Waals surface area contributed by atoms with Crippen LogP contribution in [0.1, 0.15) is 28.7 Å². The minimum Gasteiger partial charge on any atom is -0.507 e. The number of carbonyl (C=O) groups is 2.